The van der Waals surface area contributed by atoms with Crippen LogP contribution in [0.4, 0.5) is 13.2 Å². The molecule has 1 unspecified atom stereocenters. The third kappa shape index (κ3) is 5.11. The van der Waals surface area contributed by atoms with Crippen molar-refractivity contribution in [3.8, 4) is 0 Å². The van der Waals surface area contributed by atoms with Gasteiger partial charge in [-0.2, -0.15) is 13.2 Å². The number of piperazine rings is 1. The number of rotatable bonds is 3. The Morgan fingerprint density at radius 3 is 2.74 bits per heavy atom. The lowest BCUT2D eigenvalue weighted by Gasteiger charge is -2.35. The first kappa shape index (κ1) is 19.8. The molecule has 0 bridgehead atoms. The van der Waals surface area contributed by atoms with Crippen LogP contribution in [0.15, 0.2) is 24.3 Å². The van der Waals surface area contributed by atoms with Gasteiger partial charge < -0.3 is 10.2 Å². The van der Waals surface area contributed by atoms with Crippen LogP contribution in [0.1, 0.15) is 25.0 Å². The summed E-state index contributed by atoms with van der Waals surface area (Å²) in [7, 11) is 0. The molecule has 0 aromatic heterocycles. The summed E-state index contributed by atoms with van der Waals surface area (Å²) in [5, 5.41) is 3.21. The zero-order valence-corrected chi connectivity index (χ0v) is 14.0. The summed E-state index contributed by atoms with van der Waals surface area (Å²) in [6, 6.07) is 5.33. The quantitative estimate of drug-likeness (QED) is 0.908. The summed E-state index contributed by atoms with van der Waals surface area (Å²) >= 11 is 0. The van der Waals surface area contributed by atoms with E-state index in [9.17, 15) is 18.0 Å². The molecular formula is C16H22ClF3N2O. The molecule has 7 heteroatoms. The van der Waals surface area contributed by atoms with Crippen molar-refractivity contribution in [1.82, 2.24) is 10.2 Å². The predicted octanol–water partition coefficient (Wildman–Crippen LogP) is 3.13. The molecule has 1 N–H and O–H groups in total. The molecule has 1 fully saturated rings. The fourth-order valence-electron chi connectivity index (χ4n) is 2.77. The minimum atomic E-state index is -4.35. The van der Waals surface area contributed by atoms with Gasteiger partial charge in [0.2, 0.25) is 5.91 Å². The van der Waals surface area contributed by atoms with Crippen LogP contribution < -0.4 is 5.32 Å². The Bertz CT molecular complexity index is 536. The molecule has 1 aromatic carbocycles. The number of carbonyl (C=O) groups excluding carboxylic acids is 1. The Labute approximate surface area is 140 Å². The first-order valence-electron chi connectivity index (χ1n) is 7.46. The maximum atomic E-state index is 12.7. The van der Waals surface area contributed by atoms with Crippen molar-refractivity contribution in [3.05, 3.63) is 35.4 Å². The maximum Gasteiger partial charge on any atom is 0.416 e. The topological polar surface area (TPSA) is 32.3 Å². The van der Waals surface area contributed by atoms with Gasteiger partial charge in [-0.05, 0) is 25.0 Å². The van der Waals surface area contributed by atoms with E-state index in [1.165, 1.54) is 6.07 Å². The van der Waals surface area contributed by atoms with Crippen molar-refractivity contribution in [3.63, 3.8) is 0 Å². The number of amides is 1. The zero-order chi connectivity index (χ0) is 16.3. The predicted molar refractivity (Wildman–Crippen MR) is 85.6 cm³/mol. The smallest absolute Gasteiger partial charge is 0.337 e. The molecule has 0 radical (unpaired) electrons. The highest BCUT2D eigenvalue weighted by molar-refractivity contribution is 5.85. The molecular weight excluding hydrogens is 329 g/mol. The van der Waals surface area contributed by atoms with Crippen molar-refractivity contribution < 1.29 is 18.0 Å². The van der Waals surface area contributed by atoms with Crippen LogP contribution in [0, 0.1) is 5.92 Å². The second-order valence-corrected chi connectivity index (χ2v) is 5.89. The molecule has 1 aliphatic rings. The average molecular weight is 351 g/mol. The number of nitrogens with one attached hydrogen (secondary N) is 1. The fourth-order valence-corrected chi connectivity index (χ4v) is 2.77. The van der Waals surface area contributed by atoms with Gasteiger partial charge in [-0.1, -0.05) is 25.1 Å². The standard InChI is InChI=1S/C16H21F3N2O.ClH/c1-11(15(22)21-7-6-20-10-12(21)2)8-13-4-3-5-14(9-13)16(17,18)19;/h3-5,9,11-12,20H,6-8,10H2,1-2H3;1H/t11?,12-;/m1./s1. The van der Waals surface area contributed by atoms with E-state index in [4.69, 9.17) is 0 Å². The Kier molecular flexibility index (Phi) is 6.89. The van der Waals surface area contributed by atoms with Gasteiger partial charge in [0, 0.05) is 31.6 Å². The number of hydrogen-bond donors (Lipinski definition) is 1. The van der Waals surface area contributed by atoms with Crippen molar-refractivity contribution in [1.29, 1.82) is 0 Å². The van der Waals surface area contributed by atoms with Crippen molar-refractivity contribution in [2.24, 2.45) is 5.92 Å². The van der Waals surface area contributed by atoms with E-state index >= 15 is 0 Å². The lowest BCUT2D eigenvalue weighted by atomic mass is 9.97. The van der Waals surface area contributed by atoms with Crippen molar-refractivity contribution in [2.75, 3.05) is 19.6 Å². The summed E-state index contributed by atoms with van der Waals surface area (Å²) in [6.07, 6.45) is -4.03. The number of hydrogen-bond acceptors (Lipinski definition) is 2. The van der Waals surface area contributed by atoms with Crippen LogP contribution >= 0.6 is 12.4 Å². The van der Waals surface area contributed by atoms with Crippen LogP contribution in [0.25, 0.3) is 0 Å². The first-order valence-corrected chi connectivity index (χ1v) is 7.46. The monoisotopic (exact) mass is 350 g/mol. The summed E-state index contributed by atoms with van der Waals surface area (Å²) in [5.41, 5.74) is -0.126. The van der Waals surface area contributed by atoms with E-state index in [-0.39, 0.29) is 30.3 Å². The summed E-state index contributed by atoms with van der Waals surface area (Å²) in [6.45, 7) is 5.90. The Morgan fingerprint density at radius 1 is 1.43 bits per heavy atom. The van der Waals surface area contributed by atoms with E-state index in [0.717, 1.165) is 25.2 Å². The highest BCUT2D eigenvalue weighted by atomic mass is 35.5. The molecule has 130 valence electrons. The van der Waals surface area contributed by atoms with Crippen LogP contribution in [-0.2, 0) is 17.4 Å². The van der Waals surface area contributed by atoms with E-state index in [2.05, 4.69) is 5.32 Å². The number of nitrogens with zero attached hydrogens (tertiary/aromatic N) is 1. The van der Waals surface area contributed by atoms with E-state index in [0.29, 0.717) is 18.5 Å². The second-order valence-electron chi connectivity index (χ2n) is 5.89. The number of alkyl halides is 3. The Balaban J connectivity index is 0.00000264. The molecule has 0 aliphatic carbocycles. The zero-order valence-electron chi connectivity index (χ0n) is 13.2. The first-order chi connectivity index (χ1) is 10.3. The molecule has 23 heavy (non-hydrogen) atoms. The normalized spacial score (nSPS) is 19.9. The molecule has 2 atom stereocenters. The molecule has 0 saturated carbocycles. The maximum absolute atomic E-state index is 12.7. The van der Waals surface area contributed by atoms with Crippen LogP contribution in [0.2, 0.25) is 0 Å². The molecule has 1 aromatic rings. The lowest BCUT2D eigenvalue weighted by molar-refractivity contribution is -0.138. The molecule has 0 spiro atoms. The lowest BCUT2D eigenvalue weighted by Crippen LogP contribution is -2.53. The van der Waals surface area contributed by atoms with Gasteiger partial charge in [0.05, 0.1) is 5.56 Å². The molecule has 3 nitrogen and oxygen atoms in total. The van der Waals surface area contributed by atoms with Crippen LogP contribution in [0.5, 0.6) is 0 Å². The fraction of sp³-hybridized carbons (Fsp3) is 0.562. The van der Waals surface area contributed by atoms with Gasteiger partial charge in [0.15, 0.2) is 0 Å². The molecule has 1 saturated heterocycles. The highest BCUT2D eigenvalue weighted by Gasteiger charge is 2.31. The summed E-state index contributed by atoms with van der Waals surface area (Å²) in [5.74, 6) is -0.324. The number of carbonyl (C=O) groups is 1. The van der Waals surface area contributed by atoms with Gasteiger partial charge in [-0.3, -0.25) is 4.79 Å². The Hall–Kier alpha value is -1.27. The minimum Gasteiger partial charge on any atom is -0.337 e. The van der Waals surface area contributed by atoms with Gasteiger partial charge in [-0.15, -0.1) is 12.4 Å². The van der Waals surface area contributed by atoms with Crippen LogP contribution in [0.3, 0.4) is 0 Å². The van der Waals surface area contributed by atoms with Gasteiger partial charge in [-0.25, -0.2) is 0 Å². The SMILES string of the molecule is CC(Cc1cccc(C(F)(F)F)c1)C(=O)N1CCNC[C@H]1C.Cl. The molecule has 1 heterocycles. The number of benzene rings is 1. The van der Waals surface area contributed by atoms with E-state index in [1.54, 1.807) is 13.0 Å². The summed E-state index contributed by atoms with van der Waals surface area (Å²) in [4.78, 5) is 14.3. The highest BCUT2D eigenvalue weighted by Crippen LogP contribution is 2.30. The van der Waals surface area contributed by atoms with Crippen LogP contribution in [-0.4, -0.2) is 36.5 Å². The molecule has 1 amide bonds. The minimum absolute atomic E-state index is 0. The van der Waals surface area contributed by atoms with E-state index < -0.39 is 11.7 Å². The van der Waals surface area contributed by atoms with Gasteiger partial charge in [0.1, 0.15) is 0 Å². The third-order valence-electron chi connectivity index (χ3n) is 4.00. The van der Waals surface area contributed by atoms with Gasteiger partial charge in [0.25, 0.3) is 0 Å². The Morgan fingerprint density at radius 2 is 2.13 bits per heavy atom. The number of halogens is 4. The average Bonchev–Trinajstić information content (AvgIpc) is 2.46. The summed E-state index contributed by atoms with van der Waals surface area (Å²) < 4.78 is 38.2. The van der Waals surface area contributed by atoms with Gasteiger partial charge >= 0.3 is 6.18 Å². The third-order valence-corrected chi connectivity index (χ3v) is 4.00. The molecule has 2 rings (SSSR count). The molecule has 1 aliphatic heterocycles. The van der Waals surface area contributed by atoms with Crippen molar-refractivity contribution in [2.45, 2.75) is 32.5 Å². The largest absolute Gasteiger partial charge is 0.416 e. The van der Waals surface area contributed by atoms with Crippen molar-refractivity contribution >= 4 is 18.3 Å². The second kappa shape index (κ2) is 8.02. The van der Waals surface area contributed by atoms with E-state index in [1.807, 2.05) is 11.8 Å².